The maximum Gasteiger partial charge on any atom is 0.281 e. The van der Waals surface area contributed by atoms with E-state index in [1.807, 2.05) is 24.3 Å². The largest absolute Gasteiger partial charge is 0.325 e. The van der Waals surface area contributed by atoms with Gasteiger partial charge >= 0.3 is 0 Å². The van der Waals surface area contributed by atoms with Crippen molar-refractivity contribution in [3.8, 4) is 0 Å². The molecule has 0 bridgehead atoms. The molecule has 0 spiro atoms. The molecule has 4 rings (SSSR count). The van der Waals surface area contributed by atoms with Gasteiger partial charge in [0.15, 0.2) is 0 Å². The van der Waals surface area contributed by atoms with Crippen molar-refractivity contribution in [1.82, 2.24) is 9.55 Å². The highest BCUT2D eigenvalue weighted by Gasteiger charge is 2.20. The molecule has 126 valence electrons. The van der Waals surface area contributed by atoms with Gasteiger partial charge in [0.25, 0.3) is 5.56 Å². The van der Waals surface area contributed by atoms with Crippen molar-refractivity contribution < 1.29 is 0 Å². The molecule has 1 aliphatic rings. The third kappa shape index (κ3) is 2.80. The van der Waals surface area contributed by atoms with E-state index >= 15 is 0 Å². The minimum Gasteiger partial charge on any atom is -0.325 e. The summed E-state index contributed by atoms with van der Waals surface area (Å²) in [5.41, 5.74) is 4.59. The number of hydrogen-bond donors (Lipinski definition) is 0. The lowest BCUT2D eigenvalue weighted by Crippen LogP contribution is -2.14. The van der Waals surface area contributed by atoms with E-state index in [2.05, 4.69) is 60.7 Å². The Labute approximate surface area is 147 Å². The highest BCUT2D eigenvalue weighted by Crippen LogP contribution is 2.30. The summed E-state index contributed by atoms with van der Waals surface area (Å²) in [7, 11) is 0. The van der Waals surface area contributed by atoms with E-state index in [0.29, 0.717) is 5.39 Å². The van der Waals surface area contributed by atoms with Crippen LogP contribution in [0.5, 0.6) is 0 Å². The molecule has 3 aromatic rings. The minimum absolute atomic E-state index is 0.141. The van der Waals surface area contributed by atoms with Gasteiger partial charge in [0.2, 0.25) is 0 Å². The van der Waals surface area contributed by atoms with Crippen LogP contribution in [0.3, 0.4) is 0 Å². The van der Waals surface area contributed by atoms with Crippen LogP contribution in [0.4, 0.5) is 0 Å². The van der Waals surface area contributed by atoms with Crippen LogP contribution in [0, 0.1) is 0 Å². The van der Waals surface area contributed by atoms with E-state index in [1.165, 1.54) is 5.56 Å². The molecular formula is C22H22N2O. The first-order chi connectivity index (χ1) is 11.9. The second-order valence-electron chi connectivity index (χ2n) is 7.70. The Bertz CT molecular complexity index is 1030. The van der Waals surface area contributed by atoms with Crippen molar-refractivity contribution in [1.29, 1.82) is 0 Å². The average Bonchev–Trinajstić information content (AvgIpc) is 2.98. The van der Waals surface area contributed by atoms with E-state index < -0.39 is 0 Å². The number of aryl methyl sites for hydroxylation is 1. The van der Waals surface area contributed by atoms with Gasteiger partial charge in [0, 0.05) is 6.54 Å². The molecule has 0 saturated heterocycles. The van der Waals surface area contributed by atoms with E-state index in [4.69, 9.17) is 0 Å². The van der Waals surface area contributed by atoms with Gasteiger partial charge in [0.05, 0.1) is 10.9 Å². The van der Waals surface area contributed by atoms with Gasteiger partial charge < -0.3 is 4.57 Å². The van der Waals surface area contributed by atoms with Crippen LogP contribution in [-0.4, -0.2) is 9.55 Å². The fourth-order valence-corrected chi connectivity index (χ4v) is 3.45. The molecule has 0 saturated carbocycles. The molecule has 0 radical (unpaired) electrons. The fourth-order valence-electron chi connectivity index (χ4n) is 3.45. The van der Waals surface area contributed by atoms with Crippen LogP contribution < -0.4 is 5.56 Å². The Hall–Kier alpha value is -2.68. The highest BCUT2D eigenvalue weighted by atomic mass is 16.1. The lowest BCUT2D eigenvalue weighted by molar-refractivity contribution is 0.590. The first-order valence-electron chi connectivity index (χ1n) is 8.74. The summed E-state index contributed by atoms with van der Waals surface area (Å²) in [6.07, 6.45) is 3.06. The lowest BCUT2D eigenvalue weighted by atomic mass is 9.86. The summed E-state index contributed by atoms with van der Waals surface area (Å²) in [6, 6.07) is 16.4. The highest BCUT2D eigenvalue weighted by molar-refractivity contribution is 5.85. The van der Waals surface area contributed by atoms with Gasteiger partial charge in [-0.25, -0.2) is 0 Å². The van der Waals surface area contributed by atoms with Gasteiger partial charge in [-0.05, 0) is 46.7 Å². The molecular weight excluding hydrogens is 308 g/mol. The molecule has 3 heteroatoms. The number of aromatic nitrogens is 2. The van der Waals surface area contributed by atoms with Crippen LogP contribution in [0.1, 0.15) is 44.1 Å². The zero-order valence-corrected chi connectivity index (χ0v) is 14.9. The lowest BCUT2D eigenvalue weighted by Gasteiger charge is -2.18. The van der Waals surface area contributed by atoms with Gasteiger partial charge in [-0.2, -0.15) is 4.98 Å². The first-order valence-corrected chi connectivity index (χ1v) is 8.74. The predicted octanol–water partition coefficient (Wildman–Crippen LogP) is 4.64. The standard InChI is InChI=1S/C22H22N2O/c1-22(2,3)17-10-8-15(9-11-17)14-16-12-13-24-19-7-5-4-6-18(19)21(25)23-20(16)24/h4-11,14H,12-13H2,1-3H3/b16-14-. The number of benzene rings is 2. The van der Waals surface area contributed by atoms with Crippen molar-refractivity contribution in [2.75, 3.05) is 0 Å². The summed E-state index contributed by atoms with van der Waals surface area (Å²) in [5, 5.41) is 0.696. The second-order valence-corrected chi connectivity index (χ2v) is 7.70. The smallest absolute Gasteiger partial charge is 0.281 e. The molecule has 2 aromatic carbocycles. The van der Waals surface area contributed by atoms with E-state index in [1.54, 1.807) is 0 Å². The van der Waals surface area contributed by atoms with Crippen LogP contribution in [0.25, 0.3) is 22.6 Å². The van der Waals surface area contributed by atoms with Gasteiger partial charge in [-0.15, -0.1) is 0 Å². The van der Waals surface area contributed by atoms with Crippen molar-refractivity contribution in [2.24, 2.45) is 0 Å². The summed E-state index contributed by atoms with van der Waals surface area (Å²) < 4.78 is 2.16. The number of rotatable bonds is 1. The molecule has 2 heterocycles. The number of allylic oxidation sites excluding steroid dienone is 1. The van der Waals surface area contributed by atoms with Gasteiger partial charge in [-0.3, -0.25) is 4.79 Å². The normalized spacial score (nSPS) is 15.7. The van der Waals surface area contributed by atoms with Crippen LogP contribution in [0.2, 0.25) is 0 Å². The maximum absolute atomic E-state index is 12.3. The van der Waals surface area contributed by atoms with Crippen molar-refractivity contribution in [3.05, 3.63) is 75.8 Å². The monoisotopic (exact) mass is 330 g/mol. The van der Waals surface area contributed by atoms with Crippen molar-refractivity contribution in [3.63, 3.8) is 0 Å². The Balaban J connectivity index is 1.78. The topological polar surface area (TPSA) is 34.9 Å². The minimum atomic E-state index is -0.141. The van der Waals surface area contributed by atoms with Crippen LogP contribution in [0.15, 0.2) is 53.3 Å². The fraction of sp³-hybridized carbons (Fsp3) is 0.273. The molecule has 0 atom stereocenters. The molecule has 0 N–H and O–H groups in total. The summed E-state index contributed by atoms with van der Waals surface area (Å²) in [5.74, 6) is 0.809. The molecule has 0 unspecified atom stereocenters. The van der Waals surface area contributed by atoms with E-state index in [9.17, 15) is 4.79 Å². The molecule has 3 nitrogen and oxygen atoms in total. The number of fused-ring (bicyclic) bond motifs is 3. The maximum atomic E-state index is 12.3. The van der Waals surface area contributed by atoms with E-state index in [-0.39, 0.29) is 11.0 Å². The SMILES string of the molecule is CC(C)(C)c1ccc(/C=C2/CCn3c2nc(=O)c2ccccc23)cc1. The second kappa shape index (κ2) is 5.69. The number of hydrogen-bond acceptors (Lipinski definition) is 2. The van der Waals surface area contributed by atoms with Crippen molar-refractivity contribution >= 4 is 22.6 Å². The molecule has 1 aliphatic heterocycles. The summed E-state index contributed by atoms with van der Waals surface area (Å²) in [4.78, 5) is 16.7. The molecule has 0 aliphatic carbocycles. The molecule has 25 heavy (non-hydrogen) atoms. The molecule has 0 amide bonds. The van der Waals surface area contributed by atoms with Crippen LogP contribution >= 0.6 is 0 Å². The Morgan fingerprint density at radius 1 is 1.04 bits per heavy atom. The quantitative estimate of drug-likeness (QED) is 0.651. The summed E-state index contributed by atoms with van der Waals surface area (Å²) >= 11 is 0. The zero-order chi connectivity index (χ0) is 17.6. The van der Waals surface area contributed by atoms with Crippen molar-refractivity contribution in [2.45, 2.75) is 39.2 Å². The Morgan fingerprint density at radius 2 is 1.76 bits per heavy atom. The summed E-state index contributed by atoms with van der Waals surface area (Å²) in [6.45, 7) is 7.52. The van der Waals surface area contributed by atoms with Crippen LogP contribution in [-0.2, 0) is 12.0 Å². The third-order valence-electron chi connectivity index (χ3n) is 4.90. The first kappa shape index (κ1) is 15.8. The number of para-hydroxylation sites is 1. The predicted molar refractivity (Wildman–Crippen MR) is 104 cm³/mol. The van der Waals surface area contributed by atoms with E-state index in [0.717, 1.165) is 35.4 Å². The Morgan fingerprint density at radius 3 is 2.48 bits per heavy atom. The molecule has 1 aromatic heterocycles. The Kier molecular flexibility index (Phi) is 3.60. The molecule has 0 fully saturated rings. The van der Waals surface area contributed by atoms with Gasteiger partial charge in [0.1, 0.15) is 5.82 Å². The number of nitrogens with zero attached hydrogens (tertiary/aromatic N) is 2. The third-order valence-corrected chi connectivity index (χ3v) is 4.90. The van der Waals surface area contributed by atoms with Gasteiger partial charge in [-0.1, -0.05) is 57.2 Å². The average molecular weight is 330 g/mol. The zero-order valence-electron chi connectivity index (χ0n) is 14.9.